The Morgan fingerprint density at radius 1 is 0.424 bits per heavy atom. The quantitative estimate of drug-likeness (QED) is 0.157. The van der Waals surface area contributed by atoms with E-state index < -0.39 is 23.5 Å². The maximum absolute atomic E-state index is 14.4. The average molecular weight is 788 g/mol. The fourth-order valence-electron chi connectivity index (χ4n) is 7.39. The lowest BCUT2D eigenvalue weighted by atomic mass is 9.91. The van der Waals surface area contributed by atoms with Gasteiger partial charge in [-0.2, -0.15) is 31.6 Å². The zero-order valence-electron chi connectivity index (χ0n) is 30.6. The van der Waals surface area contributed by atoms with Crippen molar-refractivity contribution in [1.82, 2.24) is 19.5 Å². The van der Waals surface area contributed by atoms with Crippen molar-refractivity contribution in [3.63, 3.8) is 0 Å². The zero-order chi connectivity index (χ0) is 40.9. The molecule has 0 aliphatic heterocycles. The monoisotopic (exact) mass is 787 g/mol. The van der Waals surface area contributed by atoms with Crippen LogP contribution < -0.4 is 0 Å². The molecule has 0 saturated carbocycles. The number of hydrogen-bond acceptors (Lipinski definition) is 4. The van der Waals surface area contributed by atoms with Crippen LogP contribution >= 0.6 is 0 Å². The molecule has 7 aromatic carbocycles. The molecule has 0 saturated heterocycles. The average Bonchev–Trinajstić information content (AvgIpc) is 3.59. The van der Waals surface area contributed by atoms with Crippen LogP contribution in [-0.4, -0.2) is 19.5 Å². The van der Waals surface area contributed by atoms with Gasteiger partial charge in [0, 0.05) is 38.6 Å². The molecule has 2 aromatic heterocycles. The molecule has 0 unspecified atom stereocenters. The number of rotatable bonds is 6. The van der Waals surface area contributed by atoms with E-state index in [1.54, 1.807) is 36.4 Å². The summed E-state index contributed by atoms with van der Waals surface area (Å²) in [5, 5.41) is 11.2. The van der Waals surface area contributed by atoms with Crippen molar-refractivity contribution in [2.45, 2.75) is 12.4 Å². The molecule has 0 bridgehead atoms. The largest absolute Gasteiger partial charge is 0.416 e. The second kappa shape index (κ2) is 14.4. The van der Waals surface area contributed by atoms with Crippen molar-refractivity contribution in [3.8, 4) is 68.2 Å². The Balaban J connectivity index is 1.45. The Kier molecular flexibility index (Phi) is 9.05. The van der Waals surface area contributed by atoms with Gasteiger partial charge in [0.15, 0.2) is 17.5 Å². The third kappa shape index (κ3) is 6.95. The van der Waals surface area contributed by atoms with Gasteiger partial charge in [0.1, 0.15) is 0 Å². The van der Waals surface area contributed by atoms with Crippen molar-refractivity contribution in [2.75, 3.05) is 0 Å². The topological polar surface area (TPSA) is 67.4 Å². The van der Waals surface area contributed by atoms with E-state index in [1.165, 1.54) is 24.3 Å². The summed E-state index contributed by atoms with van der Waals surface area (Å²) in [4.78, 5) is 14.5. The van der Waals surface area contributed by atoms with E-state index in [-0.39, 0.29) is 28.1 Å². The van der Waals surface area contributed by atoms with Crippen LogP contribution in [-0.2, 0) is 12.4 Å². The summed E-state index contributed by atoms with van der Waals surface area (Å²) in [7, 11) is 0. The van der Waals surface area contributed by atoms with Crippen LogP contribution in [0, 0.1) is 11.3 Å². The first-order chi connectivity index (χ1) is 28.5. The minimum Gasteiger partial charge on any atom is -0.308 e. The molecule has 5 nitrogen and oxygen atoms in total. The number of hydrogen-bond donors (Lipinski definition) is 0. The first kappa shape index (κ1) is 37.0. The molecule has 0 amide bonds. The van der Waals surface area contributed by atoms with E-state index in [9.17, 15) is 31.6 Å². The molecular formula is C48H27F6N5. The molecule has 59 heavy (non-hydrogen) atoms. The predicted octanol–water partition coefficient (Wildman–Crippen LogP) is 13.2. The van der Waals surface area contributed by atoms with Crippen molar-refractivity contribution < 1.29 is 26.3 Å². The molecule has 0 atom stereocenters. The van der Waals surface area contributed by atoms with Gasteiger partial charge in [-0.25, -0.2) is 15.0 Å². The summed E-state index contributed by atoms with van der Waals surface area (Å²) in [5.74, 6) is 0.775. The summed E-state index contributed by atoms with van der Waals surface area (Å²) in [6.45, 7) is 0. The van der Waals surface area contributed by atoms with Crippen molar-refractivity contribution in [1.29, 1.82) is 5.26 Å². The maximum Gasteiger partial charge on any atom is 0.416 e. The van der Waals surface area contributed by atoms with Crippen LogP contribution in [0.25, 0.3) is 83.9 Å². The molecule has 9 aromatic rings. The minimum absolute atomic E-state index is 0.144. The highest BCUT2D eigenvalue weighted by Gasteiger charge is 2.33. The van der Waals surface area contributed by atoms with Crippen LogP contribution in [0.5, 0.6) is 0 Å². The standard InChI is InChI=1S/C48H27F6N5/c49-47(50,51)35-17-9-15-32(24-35)38-26-34(46-57-44(30-11-3-1-4-12-30)56-45(58-46)31-13-5-2-6-14-31)27-39(33-16-10-18-36(25-33)48(52,53)54)43(38)59-41-20-8-7-19-37(41)40-23-29(28-55)21-22-42(40)59/h1-27H. The van der Waals surface area contributed by atoms with E-state index >= 15 is 0 Å². The van der Waals surface area contributed by atoms with E-state index in [4.69, 9.17) is 15.0 Å². The van der Waals surface area contributed by atoms with Crippen molar-refractivity contribution in [3.05, 3.63) is 180 Å². The molecule has 0 spiro atoms. The van der Waals surface area contributed by atoms with Gasteiger partial charge in [0.25, 0.3) is 0 Å². The Morgan fingerprint density at radius 2 is 0.881 bits per heavy atom. The first-order valence-corrected chi connectivity index (χ1v) is 18.3. The Morgan fingerprint density at radius 3 is 1.39 bits per heavy atom. The third-order valence-corrected chi connectivity index (χ3v) is 10.1. The van der Waals surface area contributed by atoms with Crippen LogP contribution in [0.1, 0.15) is 16.7 Å². The number of halogens is 6. The van der Waals surface area contributed by atoms with Gasteiger partial charge in [0.05, 0.1) is 39.5 Å². The lowest BCUT2D eigenvalue weighted by molar-refractivity contribution is -0.138. The SMILES string of the molecule is N#Cc1ccc2c(c1)c1ccccc1n2-c1c(-c2cccc(C(F)(F)F)c2)cc(-c2nc(-c3ccccc3)nc(-c3ccccc3)n2)cc1-c1cccc(C(F)(F)F)c1. The Labute approximate surface area is 333 Å². The second-order valence-electron chi connectivity index (χ2n) is 13.8. The highest BCUT2D eigenvalue weighted by atomic mass is 19.4. The van der Waals surface area contributed by atoms with Gasteiger partial charge < -0.3 is 4.57 Å². The van der Waals surface area contributed by atoms with Crippen LogP contribution in [0.4, 0.5) is 26.3 Å². The lowest BCUT2D eigenvalue weighted by Gasteiger charge is -2.22. The van der Waals surface area contributed by atoms with Crippen LogP contribution in [0.2, 0.25) is 0 Å². The number of benzene rings is 7. The van der Waals surface area contributed by atoms with Crippen LogP contribution in [0.3, 0.4) is 0 Å². The van der Waals surface area contributed by atoms with E-state index in [2.05, 4.69) is 6.07 Å². The van der Waals surface area contributed by atoms with Gasteiger partial charge in [-0.3, -0.25) is 0 Å². The molecule has 11 heteroatoms. The maximum atomic E-state index is 14.4. The summed E-state index contributed by atoms with van der Waals surface area (Å²) in [6.07, 6.45) is -9.41. The predicted molar refractivity (Wildman–Crippen MR) is 216 cm³/mol. The third-order valence-electron chi connectivity index (χ3n) is 10.1. The number of fused-ring (bicyclic) bond motifs is 3. The summed E-state index contributed by atoms with van der Waals surface area (Å²) in [5.41, 5.74) is 2.53. The summed E-state index contributed by atoms with van der Waals surface area (Å²) < 4.78 is 88.5. The summed E-state index contributed by atoms with van der Waals surface area (Å²) >= 11 is 0. The number of aromatic nitrogens is 4. The molecular weight excluding hydrogens is 761 g/mol. The fourth-order valence-corrected chi connectivity index (χ4v) is 7.39. The lowest BCUT2D eigenvalue weighted by Crippen LogP contribution is -2.07. The van der Waals surface area contributed by atoms with Crippen molar-refractivity contribution >= 4 is 21.8 Å². The van der Waals surface area contributed by atoms with E-state index in [0.29, 0.717) is 56.0 Å². The smallest absolute Gasteiger partial charge is 0.308 e. The molecule has 0 aliphatic rings. The number of nitrogens with zero attached hydrogens (tertiary/aromatic N) is 5. The second-order valence-corrected chi connectivity index (χ2v) is 13.8. The highest BCUT2D eigenvalue weighted by molar-refractivity contribution is 6.11. The van der Waals surface area contributed by atoms with Gasteiger partial charge in [-0.05, 0) is 71.8 Å². The number of para-hydroxylation sites is 1. The molecule has 286 valence electrons. The molecule has 9 rings (SSSR count). The normalized spacial score (nSPS) is 11.9. The summed E-state index contributed by atoms with van der Waals surface area (Å²) in [6, 6.07) is 45.9. The van der Waals surface area contributed by atoms with Gasteiger partial charge >= 0.3 is 12.4 Å². The van der Waals surface area contributed by atoms with Crippen molar-refractivity contribution in [2.24, 2.45) is 0 Å². The molecule has 2 heterocycles. The molecule has 0 radical (unpaired) electrons. The fraction of sp³-hybridized carbons (Fsp3) is 0.0417. The first-order valence-electron chi connectivity index (χ1n) is 18.3. The van der Waals surface area contributed by atoms with E-state index in [0.717, 1.165) is 29.7 Å². The van der Waals surface area contributed by atoms with Gasteiger partial charge in [-0.1, -0.05) is 103 Å². The van der Waals surface area contributed by atoms with Gasteiger partial charge in [-0.15, -0.1) is 0 Å². The minimum atomic E-state index is -4.71. The van der Waals surface area contributed by atoms with Gasteiger partial charge in [0.2, 0.25) is 0 Å². The Bertz CT molecular complexity index is 2960. The molecule has 0 N–H and O–H groups in total. The zero-order valence-corrected chi connectivity index (χ0v) is 30.6. The van der Waals surface area contributed by atoms with E-state index in [1.807, 2.05) is 83.4 Å². The Hall–Kier alpha value is -7.58. The molecule has 0 fully saturated rings. The number of alkyl halides is 6. The number of nitriles is 1. The van der Waals surface area contributed by atoms with Crippen LogP contribution in [0.15, 0.2) is 164 Å². The highest BCUT2D eigenvalue weighted by Crippen LogP contribution is 2.45. The molecule has 0 aliphatic carbocycles.